The average molecular weight is 368 g/mol. The number of aliphatic imine (C=N–C) groups is 1. The number of benzene rings is 1. The lowest BCUT2D eigenvalue weighted by Gasteiger charge is -2.33. The Bertz CT molecular complexity index is 818. The third-order valence-electron chi connectivity index (χ3n) is 5.26. The van der Waals surface area contributed by atoms with Crippen molar-refractivity contribution in [1.82, 2.24) is 4.90 Å². The van der Waals surface area contributed by atoms with Gasteiger partial charge in [0.15, 0.2) is 0 Å². The first kappa shape index (κ1) is 19.1. The monoisotopic (exact) mass is 368 g/mol. The summed E-state index contributed by atoms with van der Waals surface area (Å²) in [5.41, 5.74) is 1.27. The number of carbonyl (C=O) groups excluding carboxylic acids is 4. The number of carbonyl (C=O) groups is 4. The van der Waals surface area contributed by atoms with Gasteiger partial charge in [0.25, 0.3) is 11.8 Å². The van der Waals surface area contributed by atoms with E-state index in [1.165, 1.54) is 4.90 Å². The van der Waals surface area contributed by atoms with Crippen molar-refractivity contribution >= 4 is 29.1 Å². The minimum absolute atomic E-state index is 0.0856. The van der Waals surface area contributed by atoms with Crippen LogP contribution in [0.2, 0.25) is 0 Å². The molecule has 1 atom stereocenters. The Morgan fingerprint density at radius 3 is 2.26 bits per heavy atom. The summed E-state index contributed by atoms with van der Waals surface area (Å²) in [6.07, 6.45) is 1.47. The van der Waals surface area contributed by atoms with Crippen LogP contribution in [0.25, 0.3) is 0 Å². The fraction of sp³-hybridized carbons (Fsp3) is 0.476. The summed E-state index contributed by atoms with van der Waals surface area (Å²) in [7, 11) is 1.61. The van der Waals surface area contributed by atoms with Gasteiger partial charge in [-0.3, -0.25) is 29.1 Å². The van der Waals surface area contributed by atoms with Crippen molar-refractivity contribution in [3.8, 4) is 0 Å². The fourth-order valence-corrected chi connectivity index (χ4v) is 3.99. The molecular formula is C21H24N2O4. The van der Waals surface area contributed by atoms with Crippen LogP contribution in [0, 0.1) is 11.3 Å². The lowest BCUT2D eigenvalue weighted by atomic mass is 9.69. The molecule has 6 nitrogen and oxygen atoms in total. The summed E-state index contributed by atoms with van der Waals surface area (Å²) in [6.45, 7) is 4.17. The highest BCUT2D eigenvalue weighted by Crippen LogP contribution is 2.35. The van der Waals surface area contributed by atoms with Crippen molar-refractivity contribution in [2.75, 3.05) is 13.6 Å². The van der Waals surface area contributed by atoms with Crippen LogP contribution in [0.5, 0.6) is 0 Å². The van der Waals surface area contributed by atoms with Gasteiger partial charge < -0.3 is 0 Å². The van der Waals surface area contributed by atoms with Gasteiger partial charge in [-0.25, -0.2) is 0 Å². The molecule has 1 aliphatic carbocycles. The highest BCUT2D eigenvalue weighted by Gasteiger charge is 2.41. The molecule has 0 saturated heterocycles. The van der Waals surface area contributed by atoms with Gasteiger partial charge in [-0.1, -0.05) is 26.0 Å². The molecule has 2 amide bonds. The SMILES string of the molecule is CN=C1CC(C)(C)CC(=O)C1C(=O)CCCN1C(=O)c2ccccc2C1=O. The molecule has 0 bridgehead atoms. The van der Waals surface area contributed by atoms with Crippen molar-refractivity contribution in [3.63, 3.8) is 0 Å². The second kappa shape index (κ2) is 7.18. The second-order valence-electron chi connectivity index (χ2n) is 8.01. The van der Waals surface area contributed by atoms with E-state index in [0.717, 1.165) is 0 Å². The summed E-state index contributed by atoms with van der Waals surface area (Å²) in [6, 6.07) is 6.71. The number of nitrogens with zero attached hydrogens (tertiary/aromatic N) is 2. The molecule has 1 saturated carbocycles. The first-order chi connectivity index (χ1) is 12.7. The Morgan fingerprint density at radius 1 is 1.11 bits per heavy atom. The highest BCUT2D eigenvalue weighted by atomic mass is 16.2. The Hall–Kier alpha value is -2.63. The molecule has 1 unspecified atom stereocenters. The molecule has 0 spiro atoms. The molecule has 27 heavy (non-hydrogen) atoms. The van der Waals surface area contributed by atoms with Crippen LogP contribution in [-0.4, -0.2) is 47.6 Å². The maximum absolute atomic E-state index is 12.7. The molecular weight excluding hydrogens is 344 g/mol. The first-order valence-electron chi connectivity index (χ1n) is 9.21. The lowest BCUT2D eigenvalue weighted by molar-refractivity contribution is -0.132. The van der Waals surface area contributed by atoms with Gasteiger partial charge >= 0.3 is 0 Å². The summed E-state index contributed by atoms with van der Waals surface area (Å²) < 4.78 is 0. The van der Waals surface area contributed by atoms with E-state index in [1.807, 2.05) is 13.8 Å². The largest absolute Gasteiger partial charge is 0.298 e. The minimum Gasteiger partial charge on any atom is -0.298 e. The molecule has 142 valence electrons. The molecule has 1 aromatic rings. The van der Waals surface area contributed by atoms with E-state index in [9.17, 15) is 19.2 Å². The van der Waals surface area contributed by atoms with E-state index in [1.54, 1.807) is 31.3 Å². The fourth-order valence-electron chi connectivity index (χ4n) is 3.99. The number of rotatable bonds is 5. The average Bonchev–Trinajstić information content (AvgIpc) is 2.85. The third-order valence-corrected chi connectivity index (χ3v) is 5.26. The van der Waals surface area contributed by atoms with Crippen molar-refractivity contribution in [1.29, 1.82) is 0 Å². The van der Waals surface area contributed by atoms with Crippen molar-refractivity contribution < 1.29 is 19.2 Å². The number of amides is 2. The Labute approximate surface area is 158 Å². The Kier molecular flexibility index (Phi) is 5.09. The number of Topliss-reactive ketones (excluding diaryl/α,β-unsaturated/α-hetero) is 2. The van der Waals surface area contributed by atoms with Crippen molar-refractivity contribution in [2.45, 2.75) is 39.5 Å². The topological polar surface area (TPSA) is 83.9 Å². The van der Waals surface area contributed by atoms with Crippen LogP contribution < -0.4 is 0 Å². The van der Waals surface area contributed by atoms with Crippen LogP contribution >= 0.6 is 0 Å². The van der Waals surface area contributed by atoms with Crippen molar-refractivity contribution in [2.24, 2.45) is 16.3 Å². The van der Waals surface area contributed by atoms with Gasteiger partial charge in [-0.2, -0.15) is 0 Å². The standard InChI is InChI=1S/C21H24N2O4/c1-21(2)11-15(22-3)18(17(25)12-21)16(24)9-6-10-23-19(26)13-7-4-5-8-14(13)20(23)27/h4-5,7-8,18H,6,9-12H2,1-3H3. The zero-order valence-electron chi connectivity index (χ0n) is 15.9. The molecule has 6 heteroatoms. The molecule has 2 aliphatic rings. The van der Waals surface area contributed by atoms with Crippen LogP contribution in [0.15, 0.2) is 29.3 Å². The Morgan fingerprint density at radius 2 is 1.70 bits per heavy atom. The van der Waals surface area contributed by atoms with Crippen LogP contribution in [0.1, 0.15) is 60.2 Å². The van der Waals surface area contributed by atoms with E-state index in [0.29, 0.717) is 36.1 Å². The van der Waals surface area contributed by atoms with Gasteiger partial charge in [-0.15, -0.1) is 0 Å². The zero-order valence-corrected chi connectivity index (χ0v) is 15.9. The molecule has 0 aromatic heterocycles. The number of ketones is 2. The quantitative estimate of drug-likeness (QED) is 0.591. The number of fused-ring (bicyclic) bond motifs is 1. The summed E-state index contributed by atoms with van der Waals surface area (Å²) in [5, 5.41) is 0. The molecule has 1 heterocycles. The number of hydrogen-bond acceptors (Lipinski definition) is 5. The van der Waals surface area contributed by atoms with Crippen LogP contribution in [-0.2, 0) is 9.59 Å². The molecule has 3 rings (SSSR count). The molecule has 1 fully saturated rings. The van der Waals surface area contributed by atoms with E-state index < -0.39 is 5.92 Å². The summed E-state index contributed by atoms with van der Waals surface area (Å²) in [4.78, 5) is 55.2. The van der Waals surface area contributed by atoms with Gasteiger partial charge in [0.05, 0.1) is 11.1 Å². The van der Waals surface area contributed by atoms with Crippen LogP contribution in [0.3, 0.4) is 0 Å². The number of imide groups is 1. The normalized spacial score (nSPS) is 23.1. The van der Waals surface area contributed by atoms with E-state index in [2.05, 4.69) is 4.99 Å². The van der Waals surface area contributed by atoms with E-state index in [-0.39, 0.29) is 41.8 Å². The predicted octanol–water partition coefficient (Wildman–Crippen LogP) is 2.71. The maximum Gasteiger partial charge on any atom is 0.261 e. The smallest absolute Gasteiger partial charge is 0.261 e. The van der Waals surface area contributed by atoms with Crippen molar-refractivity contribution in [3.05, 3.63) is 35.4 Å². The van der Waals surface area contributed by atoms with Gasteiger partial charge in [-0.05, 0) is 30.4 Å². The molecule has 0 N–H and O–H groups in total. The lowest BCUT2D eigenvalue weighted by Crippen LogP contribution is -2.42. The summed E-state index contributed by atoms with van der Waals surface area (Å²) in [5.74, 6) is -1.68. The molecule has 1 aliphatic heterocycles. The first-order valence-corrected chi connectivity index (χ1v) is 9.21. The maximum atomic E-state index is 12.7. The van der Waals surface area contributed by atoms with E-state index >= 15 is 0 Å². The predicted molar refractivity (Wildman–Crippen MR) is 101 cm³/mol. The molecule has 0 radical (unpaired) electrons. The van der Waals surface area contributed by atoms with Gasteiger partial charge in [0.1, 0.15) is 17.5 Å². The van der Waals surface area contributed by atoms with Gasteiger partial charge in [0.2, 0.25) is 0 Å². The number of hydrogen-bond donors (Lipinski definition) is 0. The van der Waals surface area contributed by atoms with Crippen LogP contribution in [0.4, 0.5) is 0 Å². The minimum atomic E-state index is -0.773. The van der Waals surface area contributed by atoms with E-state index in [4.69, 9.17) is 0 Å². The third kappa shape index (κ3) is 3.61. The highest BCUT2D eigenvalue weighted by molar-refractivity contribution is 6.23. The zero-order chi connectivity index (χ0) is 19.8. The van der Waals surface area contributed by atoms with Gasteiger partial charge in [0, 0.05) is 32.1 Å². The summed E-state index contributed by atoms with van der Waals surface area (Å²) >= 11 is 0. The second-order valence-corrected chi connectivity index (χ2v) is 8.01. The molecule has 1 aromatic carbocycles. The Balaban J connectivity index is 1.61.